The SMILES string of the molecule is NC(=O)COCCn1c(=S)[nH]c2cccc(F)c21. The van der Waals surface area contributed by atoms with Crippen molar-refractivity contribution in [2.45, 2.75) is 6.54 Å². The Morgan fingerprint density at radius 1 is 1.56 bits per heavy atom. The molecule has 2 rings (SSSR count). The lowest BCUT2D eigenvalue weighted by Gasteiger charge is -2.05. The first-order chi connectivity index (χ1) is 8.59. The first kappa shape index (κ1) is 12.7. The summed E-state index contributed by atoms with van der Waals surface area (Å²) >= 11 is 5.11. The van der Waals surface area contributed by atoms with Crippen LogP contribution in [0.25, 0.3) is 11.0 Å². The van der Waals surface area contributed by atoms with Crippen molar-refractivity contribution in [3.8, 4) is 0 Å². The minimum absolute atomic E-state index is 0.155. The number of fused-ring (bicyclic) bond motifs is 1. The lowest BCUT2D eigenvalue weighted by Crippen LogP contribution is -2.19. The van der Waals surface area contributed by atoms with Gasteiger partial charge in [0.25, 0.3) is 0 Å². The Labute approximate surface area is 107 Å². The molecule has 7 heteroatoms. The highest BCUT2D eigenvalue weighted by molar-refractivity contribution is 7.71. The van der Waals surface area contributed by atoms with E-state index >= 15 is 0 Å². The van der Waals surface area contributed by atoms with Crippen LogP contribution < -0.4 is 5.73 Å². The number of para-hydroxylation sites is 1. The Morgan fingerprint density at radius 2 is 2.33 bits per heavy atom. The predicted molar refractivity (Wildman–Crippen MR) is 67.1 cm³/mol. The molecule has 1 aromatic carbocycles. The van der Waals surface area contributed by atoms with Crippen LogP contribution in [0.2, 0.25) is 0 Å². The molecule has 0 aliphatic rings. The zero-order valence-corrected chi connectivity index (χ0v) is 10.3. The number of H-pyrrole nitrogens is 1. The molecule has 0 bridgehead atoms. The summed E-state index contributed by atoms with van der Waals surface area (Å²) in [4.78, 5) is 13.4. The first-order valence-corrected chi connectivity index (χ1v) is 5.73. The lowest BCUT2D eigenvalue weighted by molar-refractivity contribution is -0.122. The van der Waals surface area contributed by atoms with Crippen LogP contribution in [-0.4, -0.2) is 28.7 Å². The summed E-state index contributed by atoms with van der Waals surface area (Å²) in [6.45, 7) is 0.434. The molecule has 18 heavy (non-hydrogen) atoms. The van der Waals surface area contributed by atoms with Gasteiger partial charge in [-0.2, -0.15) is 0 Å². The Hall–Kier alpha value is -1.73. The molecule has 1 heterocycles. The van der Waals surface area contributed by atoms with Crippen molar-refractivity contribution in [3.63, 3.8) is 0 Å². The van der Waals surface area contributed by atoms with Crippen LogP contribution in [0.15, 0.2) is 18.2 Å². The smallest absolute Gasteiger partial charge is 0.243 e. The molecule has 0 unspecified atom stereocenters. The van der Waals surface area contributed by atoms with Crippen LogP contribution in [0.1, 0.15) is 0 Å². The maximum atomic E-state index is 13.7. The second kappa shape index (κ2) is 5.28. The number of nitrogens with zero attached hydrogens (tertiary/aromatic N) is 1. The van der Waals surface area contributed by atoms with Gasteiger partial charge in [0, 0.05) is 6.54 Å². The van der Waals surface area contributed by atoms with Crippen LogP contribution in [0.4, 0.5) is 4.39 Å². The third-order valence-electron chi connectivity index (χ3n) is 2.45. The number of ether oxygens (including phenoxy) is 1. The van der Waals surface area contributed by atoms with Gasteiger partial charge in [0.15, 0.2) is 4.77 Å². The van der Waals surface area contributed by atoms with Gasteiger partial charge in [0.05, 0.1) is 12.1 Å². The Balaban J connectivity index is 2.20. The number of nitrogens with one attached hydrogen (secondary N) is 1. The van der Waals surface area contributed by atoms with Gasteiger partial charge in [0.2, 0.25) is 5.91 Å². The molecule has 0 aliphatic carbocycles. The number of carbonyl (C=O) groups excluding carboxylic acids is 1. The van der Waals surface area contributed by atoms with Gasteiger partial charge >= 0.3 is 0 Å². The number of amides is 1. The fraction of sp³-hybridized carbons (Fsp3) is 0.273. The van der Waals surface area contributed by atoms with Crippen molar-refractivity contribution in [1.29, 1.82) is 0 Å². The normalized spacial score (nSPS) is 10.9. The fourth-order valence-electron chi connectivity index (χ4n) is 1.72. The number of hydrogen-bond acceptors (Lipinski definition) is 3. The molecule has 0 aliphatic heterocycles. The zero-order chi connectivity index (χ0) is 13.1. The second-order valence-electron chi connectivity index (χ2n) is 3.74. The van der Waals surface area contributed by atoms with E-state index in [1.807, 2.05) is 0 Å². The summed E-state index contributed by atoms with van der Waals surface area (Å²) in [7, 11) is 0. The number of benzene rings is 1. The van der Waals surface area contributed by atoms with Gasteiger partial charge in [-0.1, -0.05) is 6.07 Å². The number of halogens is 1. The molecular formula is C11H12FN3O2S. The van der Waals surface area contributed by atoms with E-state index in [1.54, 1.807) is 16.7 Å². The largest absolute Gasteiger partial charge is 0.370 e. The van der Waals surface area contributed by atoms with Crippen molar-refractivity contribution in [2.24, 2.45) is 5.73 Å². The van der Waals surface area contributed by atoms with E-state index in [1.165, 1.54) is 6.07 Å². The zero-order valence-electron chi connectivity index (χ0n) is 9.48. The summed E-state index contributed by atoms with van der Waals surface area (Å²) < 4.78 is 20.7. The summed E-state index contributed by atoms with van der Waals surface area (Å²) in [5.41, 5.74) is 5.98. The lowest BCUT2D eigenvalue weighted by atomic mass is 10.3. The van der Waals surface area contributed by atoms with Gasteiger partial charge < -0.3 is 20.0 Å². The molecule has 0 atom stereocenters. The highest BCUT2D eigenvalue weighted by Crippen LogP contribution is 2.17. The summed E-state index contributed by atoms with van der Waals surface area (Å²) in [6.07, 6.45) is 0. The number of carbonyl (C=O) groups is 1. The van der Waals surface area contributed by atoms with Crippen molar-refractivity contribution in [2.75, 3.05) is 13.2 Å². The molecule has 0 spiro atoms. The molecule has 1 aromatic heterocycles. The van der Waals surface area contributed by atoms with Crippen molar-refractivity contribution in [3.05, 3.63) is 28.8 Å². The number of aromatic amines is 1. The van der Waals surface area contributed by atoms with Gasteiger partial charge in [-0.25, -0.2) is 4.39 Å². The standard InChI is InChI=1S/C11H12FN3O2S/c12-7-2-1-3-8-10(7)15(11(18)14-8)4-5-17-6-9(13)16/h1-3H,4-6H2,(H2,13,16)(H,14,18). The minimum Gasteiger partial charge on any atom is -0.370 e. The summed E-state index contributed by atoms with van der Waals surface area (Å²) in [5, 5.41) is 0. The van der Waals surface area contributed by atoms with Crippen LogP contribution in [0, 0.1) is 10.6 Å². The first-order valence-electron chi connectivity index (χ1n) is 5.32. The van der Waals surface area contributed by atoms with Crippen molar-refractivity contribution >= 4 is 29.2 Å². The van der Waals surface area contributed by atoms with E-state index in [0.717, 1.165) is 0 Å². The molecule has 1 amide bonds. The van der Waals surface area contributed by atoms with Gasteiger partial charge in [0.1, 0.15) is 17.9 Å². The van der Waals surface area contributed by atoms with E-state index in [2.05, 4.69) is 4.98 Å². The predicted octanol–water partition coefficient (Wildman–Crippen LogP) is 1.34. The van der Waals surface area contributed by atoms with E-state index in [0.29, 0.717) is 22.3 Å². The molecule has 96 valence electrons. The second-order valence-corrected chi connectivity index (χ2v) is 4.12. The maximum Gasteiger partial charge on any atom is 0.243 e. The molecule has 0 saturated heterocycles. The van der Waals surface area contributed by atoms with Gasteiger partial charge in [-0.3, -0.25) is 4.79 Å². The van der Waals surface area contributed by atoms with Gasteiger partial charge in [-0.05, 0) is 24.4 Å². The Bertz CT molecular complexity index is 635. The van der Waals surface area contributed by atoms with Crippen LogP contribution in [0.3, 0.4) is 0 Å². The number of primary amides is 1. The average Bonchev–Trinajstić information content (AvgIpc) is 2.62. The third kappa shape index (κ3) is 2.57. The number of rotatable bonds is 5. The summed E-state index contributed by atoms with van der Waals surface area (Å²) in [5.74, 6) is -0.890. The number of nitrogens with two attached hydrogens (primary N) is 1. The van der Waals surface area contributed by atoms with Crippen LogP contribution in [0.5, 0.6) is 0 Å². The quantitative estimate of drug-likeness (QED) is 0.635. The van der Waals surface area contributed by atoms with Gasteiger partial charge in [-0.15, -0.1) is 0 Å². The molecule has 3 N–H and O–H groups in total. The maximum absolute atomic E-state index is 13.7. The van der Waals surface area contributed by atoms with E-state index < -0.39 is 5.91 Å². The molecular weight excluding hydrogens is 257 g/mol. The van der Waals surface area contributed by atoms with Crippen LogP contribution in [-0.2, 0) is 16.1 Å². The third-order valence-corrected chi connectivity index (χ3v) is 2.77. The number of hydrogen-bond donors (Lipinski definition) is 2. The molecule has 0 saturated carbocycles. The highest BCUT2D eigenvalue weighted by Gasteiger charge is 2.08. The van der Waals surface area contributed by atoms with E-state index in [9.17, 15) is 9.18 Å². The molecule has 5 nitrogen and oxygen atoms in total. The topological polar surface area (TPSA) is 73.0 Å². The molecule has 0 fully saturated rings. The van der Waals surface area contributed by atoms with Crippen molar-refractivity contribution in [1.82, 2.24) is 9.55 Å². The van der Waals surface area contributed by atoms with Crippen molar-refractivity contribution < 1.29 is 13.9 Å². The summed E-state index contributed by atoms with van der Waals surface area (Å²) in [6, 6.07) is 4.72. The van der Waals surface area contributed by atoms with Crippen LogP contribution >= 0.6 is 12.2 Å². The Morgan fingerprint density at radius 3 is 3.06 bits per heavy atom. The minimum atomic E-state index is -0.538. The molecule has 2 aromatic rings. The van der Waals surface area contributed by atoms with E-state index in [-0.39, 0.29) is 19.0 Å². The monoisotopic (exact) mass is 269 g/mol. The average molecular weight is 269 g/mol. The fourth-order valence-corrected chi connectivity index (χ4v) is 2.01. The van der Waals surface area contributed by atoms with E-state index in [4.69, 9.17) is 22.7 Å². The molecule has 0 radical (unpaired) electrons. The Kier molecular flexibility index (Phi) is 3.73. The number of aromatic nitrogens is 2. The number of imidazole rings is 1. The highest BCUT2D eigenvalue weighted by atomic mass is 32.1.